The Morgan fingerprint density at radius 3 is 1.38 bits per heavy atom. The van der Waals surface area contributed by atoms with Crippen molar-refractivity contribution in [3.8, 4) is 0 Å². The molecule has 0 saturated heterocycles. The third-order valence-electron chi connectivity index (χ3n) is 2.03. The van der Waals surface area contributed by atoms with Gasteiger partial charge < -0.3 is 28.7 Å². The lowest BCUT2D eigenvalue weighted by atomic mass is 10.2. The van der Waals surface area contributed by atoms with Crippen LogP contribution in [0.5, 0.6) is 0 Å². The molecule has 10 heteroatoms. The third-order valence-corrected chi connectivity index (χ3v) is 3.22. The van der Waals surface area contributed by atoms with E-state index in [4.69, 9.17) is 28.7 Å². The number of benzene rings is 1. The van der Waals surface area contributed by atoms with Gasteiger partial charge in [-0.3, -0.25) is 0 Å². The fourth-order valence-corrected chi connectivity index (χ4v) is 2.00. The van der Waals surface area contributed by atoms with Crippen molar-refractivity contribution >= 4 is 38.6 Å². The predicted molar refractivity (Wildman–Crippen MR) is 61.0 cm³/mol. The number of nitrogen functional groups attached to an aromatic ring is 5. The molecule has 9 nitrogen and oxygen atoms in total. The zero-order valence-electron chi connectivity index (χ0n) is 8.10. The summed E-state index contributed by atoms with van der Waals surface area (Å²) in [5, 5.41) is 0. The van der Waals surface area contributed by atoms with Crippen LogP contribution in [0.25, 0.3) is 0 Å². The monoisotopic (exact) mass is 248 g/mol. The van der Waals surface area contributed by atoms with Crippen LogP contribution in [0.4, 0.5) is 28.4 Å². The molecule has 0 heterocycles. The first-order valence-corrected chi connectivity index (χ1v) is 5.29. The Hall–Kier alpha value is -1.91. The number of hydrogen-bond donors (Lipinski definition) is 6. The Morgan fingerprint density at radius 2 is 1.06 bits per heavy atom. The van der Waals surface area contributed by atoms with Crippen molar-refractivity contribution in [1.82, 2.24) is 0 Å². The molecule has 0 aliphatic carbocycles. The Morgan fingerprint density at radius 1 is 0.750 bits per heavy atom. The molecule has 1 aromatic rings. The van der Waals surface area contributed by atoms with Crippen LogP contribution in [0.3, 0.4) is 0 Å². The second kappa shape index (κ2) is 3.59. The van der Waals surface area contributed by atoms with Crippen molar-refractivity contribution in [3.63, 3.8) is 0 Å². The molecular formula is C6H12N6O3S. The van der Waals surface area contributed by atoms with Crippen LogP contribution in [-0.4, -0.2) is 8.42 Å². The minimum atomic E-state index is -4.31. The molecular weight excluding hydrogens is 236 g/mol. The minimum Gasteiger partial charge on any atom is -0.396 e. The minimum absolute atomic E-state index is 0.0917. The quantitative estimate of drug-likeness (QED) is 0.257. The van der Waals surface area contributed by atoms with Crippen LogP contribution in [0, 0.1) is 0 Å². The van der Waals surface area contributed by atoms with E-state index in [0.717, 1.165) is 0 Å². The summed E-state index contributed by atoms with van der Waals surface area (Å²) in [6.07, 6.45) is 0. The number of hydrogen-bond acceptors (Lipinski definition) is 9. The summed E-state index contributed by atoms with van der Waals surface area (Å²) in [5.41, 5.74) is 26.1. The van der Waals surface area contributed by atoms with Gasteiger partial charge in [-0.15, -0.1) is 0 Å². The Labute approximate surface area is 91.4 Å². The van der Waals surface area contributed by atoms with Gasteiger partial charge in [-0.25, -0.2) is 0 Å². The SMILES string of the molecule is NOS(=O)(=O)c1c(N)c(N)c(N)c(N)c1N. The molecule has 1 rings (SSSR count). The molecule has 16 heavy (non-hydrogen) atoms. The van der Waals surface area contributed by atoms with E-state index in [1.165, 1.54) is 0 Å². The van der Waals surface area contributed by atoms with Crippen LogP contribution in [-0.2, 0) is 14.4 Å². The van der Waals surface area contributed by atoms with E-state index >= 15 is 0 Å². The van der Waals surface area contributed by atoms with Crippen LogP contribution < -0.4 is 34.6 Å². The van der Waals surface area contributed by atoms with E-state index in [9.17, 15) is 8.42 Å². The summed E-state index contributed by atoms with van der Waals surface area (Å²) >= 11 is 0. The van der Waals surface area contributed by atoms with E-state index in [2.05, 4.69) is 10.2 Å². The van der Waals surface area contributed by atoms with Crippen molar-refractivity contribution < 1.29 is 12.7 Å². The molecule has 90 valence electrons. The van der Waals surface area contributed by atoms with Gasteiger partial charge in [0.25, 0.3) is 0 Å². The van der Waals surface area contributed by atoms with Crippen molar-refractivity contribution in [2.75, 3.05) is 28.7 Å². The van der Waals surface area contributed by atoms with Gasteiger partial charge in [0.05, 0.1) is 28.4 Å². The molecule has 0 bridgehead atoms. The highest BCUT2D eigenvalue weighted by Crippen LogP contribution is 2.41. The highest BCUT2D eigenvalue weighted by molar-refractivity contribution is 7.87. The Kier molecular flexibility index (Phi) is 2.73. The molecule has 0 radical (unpaired) electrons. The fourth-order valence-electron chi connectivity index (χ4n) is 1.14. The molecule has 0 aromatic heterocycles. The van der Waals surface area contributed by atoms with E-state index in [-0.39, 0.29) is 28.4 Å². The standard InChI is InChI=1S/C6H12N6O3S/c7-1-2(8)4(10)6(5(11)3(1)9)16(13,14)15-12/h7-12H2. The normalized spacial score (nSPS) is 11.6. The summed E-state index contributed by atoms with van der Waals surface area (Å²) < 4.78 is 26.6. The summed E-state index contributed by atoms with van der Waals surface area (Å²) in [7, 11) is -4.31. The van der Waals surface area contributed by atoms with Crippen LogP contribution in [0.15, 0.2) is 4.90 Å². The van der Waals surface area contributed by atoms with E-state index in [0.29, 0.717) is 0 Å². The van der Waals surface area contributed by atoms with Gasteiger partial charge in [-0.2, -0.15) is 18.6 Å². The van der Waals surface area contributed by atoms with Crippen molar-refractivity contribution in [1.29, 1.82) is 0 Å². The van der Waals surface area contributed by atoms with Gasteiger partial charge in [-0.1, -0.05) is 0 Å². The molecule has 0 fully saturated rings. The lowest BCUT2D eigenvalue weighted by molar-refractivity contribution is 0.333. The van der Waals surface area contributed by atoms with Crippen LogP contribution >= 0.6 is 0 Å². The summed E-state index contributed by atoms with van der Waals surface area (Å²) in [6, 6.07) is 0. The highest BCUT2D eigenvalue weighted by atomic mass is 32.2. The second-order valence-corrected chi connectivity index (χ2v) is 4.46. The van der Waals surface area contributed by atoms with Crippen LogP contribution in [0.2, 0.25) is 0 Å². The maximum Gasteiger partial charge on any atom is 0.316 e. The Bertz CT molecular complexity index is 511. The largest absolute Gasteiger partial charge is 0.396 e. The van der Waals surface area contributed by atoms with Crippen molar-refractivity contribution in [3.05, 3.63) is 0 Å². The number of rotatable bonds is 2. The molecule has 0 amide bonds. The predicted octanol–water partition coefficient (Wildman–Crippen LogP) is -1.82. The van der Waals surface area contributed by atoms with Crippen molar-refractivity contribution in [2.45, 2.75) is 4.90 Å². The van der Waals surface area contributed by atoms with Crippen molar-refractivity contribution in [2.24, 2.45) is 5.90 Å². The smallest absolute Gasteiger partial charge is 0.316 e. The van der Waals surface area contributed by atoms with Gasteiger partial charge in [0.2, 0.25) is 0 Å². The van der Waals surface area contributed by atoms with Gasteiger partial charge in [-0.05, 0) is 0 Å². The van der Waals surface area contributed by atoms with Gasteiger partial charge >= 0.3 is 10.1 Å². The second-order valence-electron chi connectivity index (χ2n) is 2.95. The first-order chi connectivity index (χ1) is 7.24. The molecule has 0 spiro atoms. The molecule has 1 aromatic carbocycles. The topological polar surface area (TPSA) is 199 Å². The molecule has 0 saturated carbocycles. The van der Waals surface area contributed by atoms with Gasteiger partial charge in [0, 0.05) is 0 Å². The van der Waals surface area contributed by atoms with Gasteiger partial charge in [0.1, 0.15) is 4.90 Å². The number of anilines is 5. The summed E-state index contributed by atoms with van der Waals surface area (Å²) in [4.78, 5) is -0.584. The third kappa shape index (κ3) is 1.54. The first kappa shape index (κ1) is 12.2. The van der Waals surface area contributed by atoms with Crippen LogP contribution in [0.1, 0.15) is 0 Å². The zero-order valence-corrected chi connectivity index (χ0v) is 8.91. The van der Waals surface area contributed by atoms with E-state index < -0.39 is 15.0 Å². The average Bonchev–Trinajstić information content (AvgIpc) is 2.23. The lowest BCUT2D eigenvalue weighted by Crippen LogP contribution is -2.18. The first-order valence-electron chi connectivity index (χ1n) is 3.88. The summed E-state index contributed by atoms with van der Waals surface area (Å²) in [5.74, 6) is 4.60. The summed E-state index contributed by atoms with van der Waals surface area (Å²) in [6.45, 7) is 0. The maximum atomic E-state index is 11.4. The highest BCUT2D eigenvalue weighted by Gasteiger charge is 2.26. The number of nitrogens with two attached hydrogens (primary N) is 6. The molecule has 12 N–H and O–H groups in total. The molecule has 0 aliphatic heterocycles. The fraction of sp³-hybridized carbons (Fsp3) is 0. The maximum absolute atomic E-state index is 11.4. The van der Waals surface area contributed by atoms with E-state index in [1.807, 2.05) is 0 Å². The molecule has 0 unspecified atom stereocenters. The zero-order chi connectivity index (χ0) is 12.7. The molecule has 0 aliphatic rings. The average molecular weight is 248 g/mol. The van der Waals surface area contributed by atoms with Gasteiger partial charge in [0.15, 0.2) is 0 Å². The lowest BCUT2D eigenvalue weighted by Gasteiger charge is -2.15. The Balaban J connectivity index is 3.79. The van der Waals surface area contributed by atoms with E-state index in [1.54, 1.807) is 0 Å². The molecule has 0 atom stereocenters.